The molecule has 0 fully saturated rings. The second-order valence-corrected chi connectivity index (χ2v) is 6.31. The predicted molar refractivity (Wildman–Crippen MR) is 101 cm³/mol. The minimum atomic E-state index is -0.529. The van der Waals surface area contributed by atoms with Gasteiger partial charge in [-0.15, -0.1) is 0 Å². The number of benzene rings is 3. The van der Waals surface area contributed by atoms with Gasteiger partial charge < -0.3 is 4.74 Å². The van der Waals surface area contributed by atoms with Crippen molar-refractivity contribution in [3.63, 3.8) is 0 Å². The molecule has 0 saturated carbocycles. The summed E-state index contributed by atoms with van der Waals surface area (Å²) in [6, 6.07) is 18.8. The van der Waals surface area contributed by atoms with Crippen LogP contribution in [0.1, 0.15) is 11.1 Å². The molecule has 25 heavy (non-hydrogen) atoms. The van der Waals surface area contributed by atoms with Crippen molar-refractivity contribution < 1.29 is 9.53 Å². The van der Waals surface area contributed by atoms with Gasteiger partial charge in [0.15, 0.2) is 5.70 Å². The van der Waals surface area contributed by atoms with Crippen molar-refractivity contribution in [2.24, 2.45) is 4.99 Å². The molecular weight excluding hydrogens is 357 g/mol. The van der Waals surface area contributed by atoms with E-state index in [1.54, 1.807) is 24.3 Å². The van der Waals surface area contributed by atoms with E-state index in [9.17, 15) is 4.79 Å². The first-order valence-electron chi connectivity index (χ1n) is 7.58. The van der Waals surface area contributed by atoms with Crippen molar-refractivity contribution in [1.82, 2.24) is 0 Å². The van der Waals surface area contributed by atoms with E-state index in [0.717, 1.165) is 16.3 Å². The maximum atomic E-state index is 12.2. The van der Waals surface area contributed by atoms with Gasteiger partial charge in [0.05, 0.1) is 0 Å². The monoisotopic (exact) mass is 367 g/mol. The number of hydrogen-bond acceptors (Lipinski definition) is 3. The first-order valence-corrected chi connectivity index (χ1v) is 8.34. The van der Waals surface area contributed by atoms with Crippen molar-refractivity contribution in [3.05, 3.63) is 87.5 Å². The highest BCUT2D eigenvalue weighted by Crippen LogP contribution is 2.29. The van der Waals surface area contributed by atoms with Crippen LogP contribution in [-0.4, -0.2) is 11.9 Å². The molecule has 0 radical (unpaired) electrons. The summed E-state index contributed by atoms with van der Waals surface area (Å²) in [4.78, 5) is 16.6. The number of carbonyl (C=O) groups is 1. The number of carbonyl (C=O) groups excluding carboxylic acids is 1. The maximum absolute atomic E-state index is 12.2. The summed E-state index contributed by atoms with van der Waals surface area (Å²) in [7, 11) is 0. The number of ether oxygens (including phenoxy) is 1. The highest BCUT2D eigenvalue weighted by molar-refractivity contribution is 6.37. The van der Waals surface area contributed by atoms with E-state index in [-0.39, 0.29) is 11.6 Å². The minimum absolute atomic E-state index is 0.165. The third-order valence-corrected chi connectivity index (χ3v) is 4.58. The van der Waals surface area contributed by atoms with E-state index < -0.39 is 5.97 Å². The van der Waals surface area contributed by atoms with Crippen LogP contribution in [0.3, 0.4) is 0 Å². The zero-order valence-electron chi connectivity index (χ0n) is 12.9. The van der Waals surface area contributed by atoms with Gasteiger partial charge in [-0.25, -0.2) is 9.79 Å². The van der Waals surface area contributed by atoms with Crippen LogP contribution in [0.4, 0.5) is 0 Å². The molecule has 1 aliphatic heterocycles. The molecule has 0 unspecified atom stereocenters. The van der Waals surface area contributed by atoms with Crippen molar-refractivity contribution in [1.29, 1.82) is 0 Å². The molecule has 0 saturated heterocycles. The van der Waals surface area contributed by atoms with E-state index in [0.29, 0.717) is 15.6 Å². The van der Waals surface area contributed by atoms with Crippen molar-refractivity contribution in [2.75, 3.05) is 0 Å². The maximum Gasteiger partial charge on any atom is 0.363 e. The number of halogens is 2. The molecule has 1 aliphatic rings. The molecule has 0 amide bonds. The molecular formula is C20H11Cl2NO2. The van der Waals surface area contributed by atoms with E-state index in [2.05, 4.69) is 4.99 Å². The Kier molecular flexibility index (Phi) is 4.04. The number of hydrogen-bond donors (Lipinski definition) is 0. The van der Waals surface area contributed by atoms with E-state index in [1.807, 2.05) is 42.5 Å². The zero-order valence-corrected chi connectivity index (χ0v) is 14.4. The Morgan fingerprint density at radius 2 is 1.56 bits per heavy atom. The lowest BCUT2D eigenvalue weighted by molar-refractivity contribution is -0.129. The molecule has 5 heteroatoms. The standard InChI is InChI=1S/C20H11Cl2NO2/c21-16-9-4-10-17(22)15(16)11-18-20(24)25-19(23-18)14-8-3-6-12-5-1-2-7-13(12)14/h1-11H. The van der Waals surface area contributed by atoms with Crippen LogP contribution >= 0.6 is 23.2 Å². The Morgan fingerprint density at radius 3 is 2.36 bits per heavy atom. The van der Waals surface area contributed by atoms with Gasteiger partial charge in [-0.05, 0) is 35.0 Å². The Labute approximate surface area is 154 Å². The van der Waals surface area contributed by atoms with Crippen LogP contribution in [0.5, 0.6) is 0 Å². The summed E-state index contributed by atoms with van der Waals surface area (Å²) in [6.07, 6.45) is 1.55. The SMILES string of the molecule is O=C1OC(c2cccc3ccccc23)=NC1=Cc1c(Cl)cccc1Cl. The molecule has 0 N–H and O–H groups in total. The first-order chi connectivity index (χ1) is 12.1. The van der Waals surface area contributed by atoms with Crippen LogP contribution in [0.25, 0.3) is 16.8 Å². The normalized spacial score (nSPS) is 15.5. The number of fused-ring (bicyclic) bond motifs is 1. The van der Waals surface area contributed by atoms with Gasteiger partial charge in [-0.1, -0.05) is 65.7 Å². The lowest BCUT2D eigenvalue weighted by Gasteiger charge is -2.04. The van der Waals surface area contributed by atoms with Gasteiger partial charge in [0.1, 0.15) is 0 Å². The lowest BCUT2D eigenvalue weighted by atomic mass is 10.0. The Balaban J connectivity index is 1.82. The Bertz CT molecular complexity index is 1040. The fourth-order valence-electron chi connectivity index (χ4n) is 2.72. The molecule has 0 aliphatic carbocycles. The Morgan fingerprint density at radius 1 is 0.880 bits per heavy atom. The second-order valence-electron chi connectivity index (χ2n) is 5.50. The van der Waals surface area contributed by atoms with Gasteiger partial charge in [-0.2, -0.15) is 0 Å². The smallest absolute Gasteiger partial charge is 0.363 e. The quantitative estimate of drug-likeness (QED) is 0.443. The van der Waals surface area contributed by atoms with Crippen molar-refractivity contribution in [2.45, 2.75) is 0 Å². The van der Waals surface area contributed by atoms with Gasteiger partial charge in [0.25, 0.3) is 0 Å². The van der Waals surface area contributed by atoms with E-state index >= 15 is 0 Å². The van der Waals surface area contributed by atoms with Crippen LogP contribution in [-0.2, 0) is 9.53 Å². The number of aliphatic imine (C=N–C) groups is 1. The topological polar surface area (TPSA) is 38.7 Å². The summed E-state index contributed by atoms with van der Waals surface area (Å²) >= 11 is 12.3. The first kappa shape index (κ1) is 15.9. The fraction of sp³-hybridized carbons (Fsp3) is 0. The molecule has 3 nitrogen and oxygen atoms in total. The molecule has 3 aromatic carbocycles. The summed E-state index contributed by atoms with van der Waals surface area (Å²) in [5.74, 6) is -0.254. The summed E-state index contributed by atoms with van der Waals surface area (Å²) in [5, 5.41) is 2.90. The molecule has 4 rings (SSSR count). The molecule has 1 heterocycles. The van der Waals surface area contributed by atoms with Gasteiger partial charge in [0, 0.05) is 21.2 Å². The van der Waals surface area contributed by atoms with E-state index in [4.69, 9.17) is 27.9 Å². The largest absolute Gasteiger partial charge is 0.402 e. The molecule has 0 bridgehead atoms. The Hall–Kier alpha value is -2.62. The molecule has 122 valence electrons. The predicted octanol–water partition coefficient (Wildman–Crippen LogP) is 5.49. The highest BCUT2D eigenvalue weighted by Gasteiger charge is 2.25. The molecule has 3 aromatic rings. The number of rotatable bonds is 2. The third kappa shape index (κ3) is 2.93. The van der Waals surface area contributed by atoms with Crippen LogP contribution < -0.4 is 0 Å². The highest BCUT2D eigenvalue weighted by atomic mass is 35.5. The third-order valence-electron chi connectivity index (χ3n) is 3.92. The summed E-state index contributed by atoms with van der Waals surface area (Å²) < 4.78 is 5.38. The summed E-state index contributed by atoms with van der Waals surface area (Å²) in [6.45, 7) is 0. The van der Waals surface area contributed by atoms with Crippen LogP contribution in [0, 0.1) is 0 Å². The lowest BCUT2D eigenvalue weighted by Crippen LogP contribution is -2.05. The van der Waals surface area contributed by atoms with Gasteiger partial charge >= 0.3 is 5.97 Å². The fourth-order valence-corrected chi connectivity index (χ4v) is 3.23. The minimum Gasteiger partial charge on any atom is -0.402 e. The van der Waals surface area contributed by atoms with Crippen LogP contribution in [0.15, 0.2) is 71.4 Å². The molecule has 0 atom stereocenters. The zero-order chi connectivity index (χ0) is 17.4. The van der Waals surface area contributed by atoms with Gasteiger partial charge in [-0.3, -0.25) is 0 Å². The molecule has 0 aromatic heterocycles. The number of cyclic esters (lactones) is 1. The average molecular weight is 368 g/mol. The number of nitrogens with zero attached hydrogens (tertiary/aromatic N) is 1. The number of esters is 1. The molecule has 0 spiro atoms. The van der Waals surface area contributed by atoms with Crippen molar-refractivity contribution in [3.8, 4) is 0 Å². The summed E-state index contributed by atoms with van der Waals surface area (Å²) in [5.41, 5.74) is 1.47. The van der Waals surface area contributed by atoms with Gasteiger partial charge in [0.2, 0.25) is 5.90 Å². The average Bonchev–Trinajstić information content (AvgIpc) is 2.98. The van der Waals surface area contributed by atoms with Crippen LogP contribution in [0.2, 0.25) is 10.0 Å². The van der Waals surface area contributed by atoms with Crippen molar-refractivity contribution >= 4 is 51.9 Å². The van der Waals surface area contributed by atoms with E-state index in [1.165, 1.54) is 0 Å². The second kappa shape index (κ2) is 6.36.